The molecule has 1 amide bonds. The van der Waals surface area contributed by atoms with Crippen LogP contribution in [0.25, 0.3) is 0 Å². The molecule has 0 spiro atoms. The molecule has 4 nitrogen and oxygen atoms in total. The van der Waals surface area contributed by atoms with Crippen molar-refractivity contribution in [3.8, 4) is 5.75 Å². The zero-order valence-corrected chi connectivity index (χ0v) is 16.1. The highest BCUT2D eigenvalue weighted by Gasteiger charge is 2.10. The Balaban J connectivity index is 1.96. The van der Waals surface area contributed by atoms with E-state index >= 15 is 0 Å². The van der Waals surface area contributed by atoms with Crippen molar-refractivity contribution >= 4 is 11.6 Å². The van der Waals surface area contributed by atoms with Crippen LogP contribution in [0.1, 0.15) is 27.8 Å². The molecule has 0 fully saturated rings. The summed E-state index contributed by atoms with van der Waals surface area (Å²) in [5, 5.41) is 2.97. The van der Waals surface area contributed by atoms with Gasteiger partial charge in [0.25, 0.3) is 0 Å². The molecule has 0 aliphatic rings. The maximum absolute atomic E-state index is 12.3. The number of nitrogens with one attached hydrogen (secondary N) is 1. The van der Waals surface area contributed by atoms with Gasteiger partial charge in [0.1, 0.15) is 5.75 Å². The third-order valence-electron chi connectivity index (χ3n) is 4.38. The molecular weight excluding hydrogens is 312 g/mol. The molecule has 0 saturated carbocycles. The number of carbonyl (C=O) groups is 1. The Morgan fingerprint density at radius 2 is 1.64 bits per heavy atom. The number of amides is 1. The van der Waals surface area contributed by atoms with Gasteiger partial charge >= 0.3 is 0 Å². The van der Waals surface area contributed by atoms with Gasteiger partial charge in [0.15, 0.2) is 0 Å². The first-order valence-electron chi connectivity index (χ1n) is 8.50. The molecule has 2 aromatic carbocycles. The molecule has 2 rings (SSSR count). The average molecular weight is 340 g/mol. The van der Waals surface area contributed by atoms with Gasteiger partial charge in [-0.1, -0.05) is 18.2 Å². The van der Waals surface area contributed by atoms with Crippen molar-refractivity contribution in [3.05, 3.63) is 58.1 Å². The number of hydrogen-bond donors (Lipinski definition) is 1. The van der Waals surface area contributed by atoms with E-state index in [0.717, 1.165) is 22.6 Å². The lowest BCUT2D eigenvalue weighted by molar-refractivity contribution is -0.117. The number of carbonyl (C=O) groups excluding carboxylic acids is 1. The standard InChI is InChI=1S/C21H28N2O2/c1-14-7-8-19(11-15(14)2)22-20(24)13-23(5)12-18-9-16(3)21(25-6)17(4)10-18/h7-11H,12-13H2,1-6H3,(H,22,24). The number of ether oxygens (including phenoxy) is 1. The van der Waals surface area contributed by atoms with Crippen LogP contribution in [0.2, 0.25) is 0 Å². The first-order chi connectivity index (χ1) is 11.8. The van der Waals surface area contributed by atoms with Crippen molar-refractivity contribution < 1.29 is 9.53 Å². The van der Waals surface area contributed by atoms with E-state index in [-0.39, 0.29) is 5.91 Å². The van der Waals surface area contributed by atoms with Crippen LogP contribution in [-0.4, -0.2) is 31.5 Å². The van der Waals surface area contributed by atoms with Gasteiger partial charge in [-0.2, -0.15) is 0 Å². The summed E-state index contributed by atoms with van der Waals surface area (Å²) in [4.78, 5) is 14.3. The lowest BCUT2D eigenvalue weighted by atomic mass is 10.1. The summed E-state index contributed by atoms with van der Waals surface area (Å²) in [7, 11) is 3.65. The van der Waals surface area contributed by atoms with Gasteiger partial charge in [0.05, 0.1) is 13.7 Å². The lowest BCUT2D eigenvalue weighted by Crippen LogP contribution is -2.29. The summed E-state index contributed by atoms with van der Waals surface area (Å²) >= 11 is 0. The van der Waals surface area contributed by atoms with Crippen LogP contribution in [-0.2, 0) is 11.3 Å². The Bertz CT molecular complexity index is 745. The van der Waals surface area contributed by atoms with E-state index in [1.165, 1.54) is 16.7 Å². The monoisotopic (exact) mass is 340 g/mol. The van der Waals surface area contributed by atoms with E-state index in [1.807, 2.05) is 50.9 Å². The normalized spacial score (nSPS) is 10.8. The molecule has 0 aliphatic heterocycles. The number of anilines is 1. The summed E-state index contributed by atoms with van der Waals surface area (Å²) < 4.78 is 5.41. The maximum atomic E-state index is 12.3. The van der Waals surface area contributed by atoms with E-state index < -0.39 is 0 Å². The number of methoxy groups -OCH3 is 1. The molecule has 4 heteroatoms. The molecule has 0 saturated heterocycles. The Morgan fingerprint density at radius 3 is 2.20 bits per heavy atom. The van der Waals surface area contributed by atoms with Crippen molar-refractivity contribution in [1.82, 2.24) is 4.90 Å². The van der Waals surface area contributed by atoms with Gasteiger partial charge in [0, 0.05) is 12.2 Å². The van der Waals surface area contributed by atoms with Crippen molar-refractivity contribution in [1.29, 1.82) is 0 Å². The van der Waals surface area contributed by atoms with E-state index in [0.29, 0.717) is 13.1 Å². The lowest BCUT2D eigenvalue weighted by Gasteiger charge is -2.18. The smallest absolute Gasteiger partial charge is 0.238 e. The molecule has 0 unspecified atom stereocenters. The predicted molar refractivity (Wildman–Crippen MR) is 103 cm³/mol. The topological polar surface area (TPSA) is 41.6 Å². The Labute approximate surface area is 150 Å². The SMILES string of the molecule is COc1c(C)cc(CN(C)CC(=O)Nc2ccc(C)c(C)c2)cc1C. The van der Waals surface area contributed by atoms with Crippen LogP contribution >= 0.6 is 0 Å². The number of hydrogen-bond acceptors (Lipinski definition) is 3. The number of aryl methyl sites for hydroxylation is 4. The van der Waals surface area contributed by atoms with Gasteiger partial charge in [-0.3, -0.25) is 9.69 Å². The van der Waals surface area contributed by atoms with Crippen LogP contribution in [0.15, 0.2) is 30.3 Å². The van der Waals surface area contributed by atoms with Crippen LogP contribution in [0.4, 0.5) is 5.69 Å². The van der Waals surface area contributed by atoms with E-state index in [1.54, 1.807) is 7.11 Å². The highest BCUT2D eigenvalue weighted by atomic mass is 16.5. The van der Waals surface area contributed by atoms with Crippen molar-refractivity contribution in [3.63, 3.8) is 0 Å². The fourth-order valence-electron chi connectivity index (χ4n) is 3.09. The van der Waals surface area contributed by atoms with Crippen LogP contribution in [0.3, 0.4) is 0 Å². The Kier molecular flexibility index (Phi) is 6.21. The largest absolute Gasteiger partial charge is 0.496 e. The molecule has 2 aromatic rings. The zero-order valence-electron chi connectivity index (χ0n) is 16.1. The second kappa shape index (κ2) is 8.17. The van der Waals surface area contributed by atoms with Gasteiger partial charge in [-0.15, -0.1) is 0 Å². The number of likely N-dealkylation sites (N-methyl/N-ethyl adjacent to an activating group) is 1. The fourth-order valence-corrected chi connectivity index (χ4v) is 3.09. The molecule has 0 radical (unpaired) electrons. The second-order valence-electron chi connectivity index (χ2n) is 6.78. The molecular formula is C21H28N2O2. The van der Waals surface area contributed by atoms with Gasteiger partial charge in [-0.25, -0.2) is 0 Å². The zero-order chi connectivity index (χ0) is 18.6. The van der Waals surface area contributed by atoms with E-state index in [9.17, 15) is 4.79 Å². The molecule has 0 aromatic heterocycles. The van der Waals surface area contributed by atoms with E-state index in [2.05, 4.69) is 24.4 Å². The number of nitrogens with zero attached hydrogens (tertiary/aromatic N) is 1. The second-order valence-corrected chi connectivity index (χ2v) is 6.78. The van der Waals surface area contributed by atoms with Gasteiger partial charge < -0.3 is 10.1 Å². The number of rotatable bonds is 6. The molecule has 134 valence electrons. The molecule has 0 atom stereocenters. The maximum Gasteiger partial charge on any atom is 0.238 e. The minimum Gasteiger partial charge on any atom is -0.496 e. The third-order valence-corrected chi connectivity index (χ3v) is 4.38. The van der Waals surface area contributed by atoms with Crippen LogP contribution in [0.5, 0.6) is 5.75 Å². The van der Waals surface area contributed by atoms with Gasteiger partial charge in [0.2, 0.25) is 5.91 Å². The highest BCUT2D eigenvalue weighted by Crippen LogP contribution is 2.24. The van der Waals surface area contributed by atoms with Gasteiger partial charge in [-0.05, 0) is 74.7 Å². The first-order valence-corrected chi connectivity index (χ1v) is 8.50. The predicted octanol–water partition coefficient (Wildman–Crippen LogP) is 4.00. The quantitative estimate of drug-likeness (QED) is 0.864. The minimum atomic E-state index is -0.00675. The average Bonchev–Trinajstić information content (AvgIpc) is 2.50. The van der Waals surface area contributed by atoms with Crippen LogP contribution in [0, 0.1) is 27.7 Å². The summed E-state index contributed by atoms with van der Waals surface area (Å²) in [6, 6.07) is 10.2. The third kappa shape index (κ3) is 5.07. The Morgan fingerprint density at radius 1 is 1.00 bits per heavy atom. The molecule has 0 bridgehead atoms. The van der Waals surface area contributed by atoms with Crippen molar-refractivity contribution in [2.75, 3.05) is 26.0 Å². The molecule has 25 heavy (non-hydrogen) atoms. The highest BCUT2D eigenvalue weighted by molar-refractivity contribution is 5.92. The number of benzene rings is 2. The van der Waals surface area contributed by atoms with Crippen LogP contribution < -0.4 is 10.1 Å². The summed E-state index contributed by atoms with van der Waals surface area (Å²) in [6.45, 7) is 9.26. The molecule has 1 N–H and O–H groups in total. The van der Waals surface area contributed by atoms with Crippen molar-refractivity contribution in [2.45, 2.75) is 34.2 Å². The molecule has 0 heterocycles. The van der Waals surface area contributed by atoms with Crippen molar-refractivity contribution in [2.24, 2.45) is 0 Å². The fraction of sp³-hybridized carbons (Fsp3) is 0.381. The molecule has 0 aliphatic carbocycles. The Hall–Kier alpha value is -2.33. The summed E-state index contributed by atoms with van der Waals surface area (Å²) in [5.41, 5.74) is 6.65. The minimum absolute atomic E-state index is 0.00675. The summed E-state index contributed by atoms with van der Waals surface area (Å²) in [5.74, 6) is 0.923. The van der Waals surface area contributed by atoms with E-state index in [4.69, 9.17) is 4.74 Å². The first kappa shape index (κ1) is 19.0. The summed E-state index contributed by atoms with van der Waals surface area (Å²) in [6.07, 6.45) is 0.